The van der Waals surface area contributed by atoms with E-state index in [-0.39, 0.29) is 0 Å². The molecule has 5 nitrogen and oxygen atoms in total. The summed E-state index contributed by atoms with van der Waals surface area (Å²) in [6.45, 7) is 3.20. The van der Waals surface area contributed by atoms with Crippen LogP contribution in [0.2, 0.25) is 0 Å². The van der Waals surface area contributed by atoms with Gasteiger partial charge in [-0.25, -0.2) is 9.71 Å². The van der Waals surface area contributed by atoms with Crippen molar-refractivity contribution in [3.63, 3.8) is 0 Å². The van der Waals surface area contributed by atoms with E-state index in [2.05, 4.69) is 9.71 Å². The summed E-state index contributed by atoms with van der Waals surface area (Å²) in [5.41, 5.74) is 1.97. The molecule has 1 aromatic carbocycles. The first-order valence-electron chi connectivity index (χ1n) is 6.20. The lowest BCUT2D eigenvalue weighted by molar-refractivity contribution is 0.482. The van der Waals surface area contributed by atoms with Crippen molar-refractivity contribution >= 4 is 36.9 Å². The molecule has 0 atom stereocenters. The first kappa shape index (κ1) is 12.8. The van der Waals surface area contributed by atoms with Gasteiger partial charge < -0.3 is 0 Å². The molecule has 0 radical (unpaired) electrons. The number of nitrogens with zero attached hydrogens (tertiary/aromatic N) is 2. The SMILES string of the molecule is Cc1ccc2nc(NS(=O)(=O)N3CCCC3)sc2c1. The quantitative estimate of drug-likeness (QED) is 0.946. The Hall–Kier alpha value is -1.18. The molecule has 3 rings (SSSR count). The van der Waals surface area contributed by atoms with Crippen LogP contribution in [0.3, 0.4) is 0 Å². The minimum Gasteiger partial charge on any atom is -0.246 e. The zero-order valence-electron chi connectivity index (χ0n) is 10.6. The van der Waals surface area contributed by atoms with E-state index in [0.29, 0.717) is 18.2 Å². The van der Waals surface area contributed by atoms with E-state index in [0.717, 1.165) is 28.6 Å². The molecule has 0 bridgehead atoms. The molecule has 1 saturated heterocycles. The summed E-state index contributed by atoms with van der Waals surface area (Å²) >= 11 is 1.37. The van der Waals surface area contributed by atoms with E-state index >= 15 is 0 Å². The number of aryl methyl sites for hydroxylation is 1. The summed E-state index contributed by atoms with van der Waals surface area (Å²) in [6.07, 6.45) is 1.86. The molecule has 1 fully saturated rings. The molecule has 1 N–H and O–H groups in total. The molecular formula is C12H15N3O2S2. The van der Waals surface area contributed by atoms with Crippen molar-refractivity contribution in [1.82, 2.24) is 9.29 Å². The van der Waals surface area contributed by atoms with E-state index in [4.69, 9.17) is 0 Å². The Morgan fingerprint density at radius 1 is 1.32 bits per heavy atom. The van der Waals surface area contributed by atoms with E-state index < -0.39 is 10.2 Å². The molecule has 0 amide bonds. The number of nitrogens with one attached hydrogen (secondary N) is 1. The highest BCUT2D eigenvalue weighted by Crippen LogP contribution is 2.28. The second-order valence-electron chi connectivity index (χ2n) is 4.70. The van der Waals surface area contributed by atoms with E-state index in [9.17, 15) is 8.42 Å². The number of benzene rings is 1. The Morgan fingerprint density at radius 3 is 2.79 bits per heavy atom. The lowest BCUT2D eigenvalue weighted by atomic mass is 10.2. The lowest BCUT2D eigenvalue weighted by Gasteiger charge is -2.14. The van der Waals surface area contributed by atoms with Gasteiger partial charge in [0.2, 0.25) is 0 Å². The van der Waals surface area contributed by atoms with Crippen LogP contribution in [-0.2, 0) is 10.2 Å². The minimum atomic E-state index is -3.44. The predicted octanol–water partition coefficient (Wildman–Crippen LogP) is 2.36. The lowest BCUT2D eigenvalue weighted by Crippen LogP contribution is -2.33. The summed E-state index contributed by atoms with van der Waals surface area (Å²) in [4.78, 5) is 4.31. The Kier molecular flexibility index (Phi) is 3.20. The van der Waals surface area contributed by atoms with Gasteiger partial charge in [-0.15, -0.1) is 0 Å². The van der Waals surface area contributed by atoms with Gasteiger partial charge >= 0.3 is 10.2 Å². The standard InChI is InChI=1S/C12H15N3O2S2/c1-9-4-5-10-11(8-9)18-12(13-10)14-19(16,17)15-6-2-3-7-15/h4-5,8H,2-3,6-7H2,1H3,(H,13,14). The van der Waals surface area contributed by atoms with Crippen LogP contribution in [0.15, 0.2) is 18.2 Å². The predicted molar refractivity (Wildman–Crippen MR) is 77.7 cm³/mol. The maximum atomic E-state index is 12.1. The second kappa shape index (κ2) is 4.73. The van der Waals surface area contributed by atoms with Crippen molar-refractivity contribution in [1.29, 1.82) is 0 Å². The Bertz CT molecular complexity index is 703. The summed E-state index contributed by atoms with van der Waals surface area (Å²) in [6, 6.07) is 5.90. The van der Waals surface area contributed by atoms with Gasteiger partial charge in [0.1, 0.15) is 0 Å². The van der Waals surface area contributed by atoms with E-state index in [1.54, 1.807) is 0 Å². The van der Waals surface area contributed by atoms with Crippen molar-refractivity contribution < 1.29 is 8.42 Å². The Morgan fingerprint density at radius 2 is 2.05 bits per heavy atom. The Labute approximate surface area is 116 Å². The number of hydrogen-bond acceptors (Lipinski definition) is 4. The van der Waals surface area contributed by atoms with Crippen molar-refractivity contribution in [2.45, 2.75) is 19.8 Å². The highest BCUT2D eigenvalue weighted by Gasteiger charge is 2.26. The van der Waals surface area contributed by atoms with Gasteiger partial charge in [-0.2, -0.15) is 12.7 Å². The molecule has 0 spiro atoms. The third-order valence-corrected chi connectivity index (χ3v) is 5.72. The van der Waals surface area contributed by atoms with Gasteiger partial charge in [-0.05, 0) is 37.5 Å². The van der Waals surface area contributed by atoms with Gasteiger partial charge in [0.05, 0.1) is 10.2 Å². The van der Waals surface area contributed by atoms with Gasteiger partial charge in [0.15, 0.2) is 5.13 Å². The molecule has 2 heterocycles. The monoisotopic (exact) mass is 297 g/mol. The average molecular weight is 297 g/mol. The molecule has 7 heteroatoms. The summed E-state index contributed by atoms with van der Waals surface area (Å²) in [7, 11) is -3.44. The molecule has 1 aliphatic heterocycles. The number of aromatic nitrogens is 1. The van der Waals surface area contributed by atoms with Crippen molar-refractivity contribution in [3.8, 4) is 0 Å². The van der Waals surface area contributed by atoms with Crippen LogP contribution < -0.4 is 4.72 Å². The fourth-order valence-electron chi connectivity index (χ4n) is 2.18. The molecule has 0 saturated carbocycles. The largest absolute Gasteiger partial charge is 0.303 e. The summed E-state index contributed by atoms with van der Waals surface area (Å²) < 4.78 is 29.3. The zero-order chi connectivity index (χ0) is 13.5. The smallest absolute Gasteiger partial charge is 0.246 e. The maximum absolute atomic E-state index is 12.1. The number of anilines is 1. The molecule has 0 unspecified atom stereocenters. The van der Waals surface area contributed by atoms with Gasteiger partial charge in [-0.3, -0.25) is 0 Å². The first-order chi connectivity index (χ1) is 9.04. The van der Waals surface area contributed by atoms with Crippen LogP contribution in [0.4, 0.5) is 5.13 Å². The fraction of sp³-hybridized carbons (Fsp3) is 0.417. The van der Waals surface area contributed by atoms with E-state index in [1.165, 1.54) is 15.6 Å². The average Bonchev–Trinajstić information content (AvgIpc) is 2.95. The normalized spacial score (nSPS) is 17.1. The molecule has 102 valence electrons. The van der Waals surface area contributed by atoms with Gasteiger partial charge in [0.25, 0.3) is 0 Å². The molecule has 1 aliphatic rings. The molecular weight excluding hydrogens is 282 g/mol. The number of fused-ring (bicyclic) bond motifs is 1. The topological polar surface area (TPSA) is 62.3 Å². The fourth-order valence-corrected chi connectivity index (χ4v) is 4.61. The van der Waals surface area contributed by atoms with Crippen LogP contribution >= 0.6 is 11.3 Å². The highest BCUT2D eigenvalue weighted by atomic mass is 32.2. The third kappa shape index (κ3) is 2.58. The third-order valence-electron chi connectivity index (χ3n) is 3.17. The van der Waals surface area contributed by atoms with Crippen LogP contribution in [0.1, 0.15) is 18.4 Å². The summed E-state index contributed by atoms with van der Waals surface area (Å²) in [5, 5.41) is 0.438. The minimum absolute atomic E-state index is 0.438. The molecule has 19 heavy (non-hydrogen) atoms. The maximum Gasteiger partial charge on any atom is 0.303 e. The van der Waals surface area contributed by atoms with Crippen LogP contribution in [0.5, 0.6) is 0 Å². The summed E-state index contributed by atoms with van der Waals surface area (Å²) in [5.74, 6) is 0. The first-order valence-corrected chi connectivity index (χ1v) is 8.45. The van der Waals surface area contributed by atoms with Gasteiger partial charge in [-0.1, -0.05) is 17.4 Å². The van der Waals surface area contributed by atoms with Crippen LogP contribution in [0.25, 0.3) is 10.2 Å². The Balaban J connectivity index is 1.88. The van der Waals surface area contributed by atoms with E-state index in [1.807, 2.05) is 25.1 Å². The van der Waals surface area contributed by atoms with Gasteiger partial charge in [0, 0.05) is 13.1 Å². The molecule has 0 aliphatic carbocycles. The highest BCUT2D eigenvalue weighted by molar-refractivity contribution is 7.90. The van der Waals surface area contributed by atoms with Crippen molar-refractivity contribution in [2.75, 3.05) is 17.8 Å². The number of hydrogen-bond donors (Lipinski definition) is 1. The number of thiazole rings is 1. The zero-order valence-corrected chi connectivity index (χ0v) is 12.2. The van der Waals surface area contributed by atoms with Crippen LogP contribution in [-0.4, -0.2) is 30.8 Å². The van der Waals surface area contributed by atoms with Crippen LogP contribution in [0, 0.1) is 6.92 Å². The van der Waals surface area contributed by atoms with Crippen molar-refractivity contribution in [3.05, 3.63) is 23.8 Å². The second-order valence-corrected chi connectivity index (χ2v) is 7.40. The molecule has 2 aromatic rings. The number of rotatable bonds is 3. The molecule has 1 aromatic heterocycles. The van der Waals surface area contributed by atoms with Crippen molar-refractivity contribution in [2.24, 2.45) is 0 Å².